The molecule has 0 spiro atoms. The second-order valence-corrected chi connectivity index (χ2v) is 8.25. The van der Waals surface area contributed by atoms with Gasteiger partial charge in [-0.05, 0) is 49.1 Å². The largest absolute Gasteiger partial charge is 0.325 e. The normalized spacial score (nSPS) is 10.8. The molecule has 0 saturated carbocycles. The van der Waals surface area contributed by atoms with Crippen molar-refractivity contribution in [1.29, 1.82) is 0 Å². The fraction of sp³-hybridized carbons (Fsp3) is 0.160. The summed E-state index contributed by atoms with van der Waals surface area (Å²) in [6, 6.07) is 26.3. The summed E-state index contributed by atoms with van der Waals surface area (Å²) in [5.74, 6) is 0.983. The number of carbonyl (C=O) groups is 1. The van der Waals surface area contributed by atoms with Gasteiger partial charge in [-0.25, -0.2) is 0 Å². The minimum atomic E-state index is -0.0671. The summed E-state index contributed by atoms with van der Waals surface area (Å²) in [7, 11) is 0. The van der Waals surface area contributed by atoms with E-state index < -0.39 is 0 Å². The van der Waals surface area contributed by atoms with E-state index in [0.29, 0.717) is 5.16 Å². The maximum Gasteiger partial charge on any atom is 0.234 e. The van der Waals surface area contributed by atoms with E-state index in [2.05, 4.69) is 40.6 Å². The van der Waals surface area contributed by atoms with Crippen molar-refractivity contribution in [1.82, 2.24) is 14.8 Å². The molecule has 0 radical (unpaired) electrons. The molecule has 0 saturated heterocycles. The molecule has 1 heterocycles. The smallest absolute Gasteiger partial charge is 0.234 e. The Hall–Kier alpha value is -3.38. The van der Waals surface area contributed by atoms with Crippen LogP contribution in [0.25, 0.3) is 5.69 Å². The van der Waals surface area contributed by atoms with E-state index >= 15 is 0 Å². The Labute approximate surface area is 186 Å². The van der Waals surface area contributed by atoms with Gasteiger partial charge in [0.15, 0.2) is 5.16 Å². The van der Waals surface area contributed by atoms with E-state index in [1.165, 1.54) is 17.3 Å². The van der Waals surface area contributed by atoms with Crippen LogP contribution < -0.4 is 5.32 Å². The van der Waals surface area contributed by atoms with Gasteiger partial charge in [0.2, 0.25) is 5.91 Å². The lowest BCUT2D eigenvalue weighted by atomic mass is 10.0. The maximum atomic E-state index is 12.7. The van der Waals surface area contributed by atoms with E-state index in [4.69, 9.17) is 0 Å². The van der Waals surface area contributed by atoms with Crippen LogP contribution in [0.1, 0.15) is 22.5 Å². The Morgan fingerprint density at radius 1 is 0.903 bits per heavy atom. The lowest BCUT2D eigenvalue weighted by Gasteiger charge is -2.12. The van der Waals surface area contributed by atoms with Crippen LogP contribution in [0.3, 0.4) is 0 Å². The van der Waals surface area contributed by atoms with Crippen LogP contribution in [0.15, 0.2) is 84.0 Å². The Bertz CT molecular complexity index is 1190. The van der Waals surface area contributed by atoms with Crippen molar-refractivity contribution in [2.45, 2.75) is 25.4 Å². The van der Waals surface area contributed by atoms with Gasteiger partial charge in [-0.15, -0.1) is 10.2 Å². The zero-order chi connectivity index (χ0) is 21.6. The maximum absolute atomic E-state index is 12.7. The summed E-state index contributed by atoms with van der Waals surface area (Å²) in [6.07, 6.45) is 0.769. The molecule has 0 atom stereocenters. The number of thioether (sulfide) groups is 1. The highest BCUT2D eigenvalue weighted by Gasteiger charge is 2.15. The van der Waals surface area contributed by atoms with Gasteiger partial charge >= 0.3 is 0 Å². The van der Waals surface area contributed by atoms with Gasteiger partial charge in [0.1, 0.15) is 5.82 Å². The molecule has 1 amide bonds. The van der Waals surface area contributed by atoms with Gasteiger partial charge in [0.25, 0.3) is 0 Å². The molecule has 0 aliphatic heterocycles. The number of hydrogen-bond acceptors (Lipinski definition) is 4. The Morgan fingerprint density at radius 2 is 1.61 bits per heavy atom. The van der Waals surface area contributed by atoms with Crippen LogP contribution in [0.5, 0.6) is 0 Å². The third-order valence-electron chi connectivity index (χ3n) is 5.01. The molecule has 0 bridgehead atoms. The van der Waals surface area contributed by atoms with Gasteiger partial charge in [0.05, 0.1) is 11.4 Å². The topological polar surface area (TPSA) is 59.8 Å². The van der Waals surface area contributed by atoms with Gasteiger partial charge in [0, 0.05) is 5.69 Å². The van der Waals surface area contributed by atoms with Crippen LogP contribution in [0.2, 0.25) is 0 Å². The van der Waals surface area contributed by atoms with Crippen molar-refractivity contribution >= 4 is 23.4 Å². The van der Waals surface area contributed by atoms with Gasteiger partial charge in [-0.1, -0.05) is 78.5 Å². The number of nitrogens with zero attached hydrogens (tertiary/aromatic N) is 3. The number of carbonyl (C=O) groups excluding carboxylic acids is 1. The number of amides is 1. The highest BCUT2D eigenvalue weighted by atomic mass is 32.2. The Balaban J connectivity index is 1.45. The summed E-state index contributed by atoms with van der Waals surface area (Å²) >= 11 is 1.39. The molecule has 0 aliphatic rings. The molecular weight excluding hydrogens is 404 g/mol. The zero-order valence-electron chi connectivity index (χ0n) is 17.6. The molecule has 6 heteroatoms. The Morgan fingerprint density at radius 3 is 2.42 bits per heavy atom. The van der Waals surface area contributed by atoms with Crippen molar-refractivity contribution in [3.8, 4) is 5.69 Å². The van der Waals surface area contributed by atoms with Crippen molar-refractivity contribution in [3.63, 3.8) is 0 Å². The minimum Gasteiger partial charge on any atom is -0.325 e. The van der Waals surface area contributed by atoms with Crippen LogP contribution in [0.4, 0.5) is 5.69 Å². The van der Waals surface area contributed by atoms with Crippen molar-refractivity contribution in [2.75, 3.05) is 11.1 Å². The first-order valence-electron chi connectivity index (χ1n) is 10.1. The average Bonchev–Trinajstić information content (AvgIpc) is 3.15. The van der Waals surface area contributed by atoms with Gasteiger partial charge in [-0.2, -0.15) is 0 Å². The monoisotopic (exact) mass is 428 g/mol. The quantitative estimate of drug-likeness (QED) is 0.411. The Kier molecular flexibility index (Phi) is 6.48. The molecular formula is C25H24N4OS. The second kappa shape index (κ2) is 9.62. The van der Waals surface area contributed by atoms with E-state index in [1.807, 2.05) is 72.2 Å². The summed E-state index contributed by atoms with van der Waals surface area (Å²) in [5, 5.41) is 12.3. The predicted octanol–water partition coefficient (Wildman–Crippen LogP) is 5.21. The number of aromatic nitrogens is 3. The van der Waals surface area contributed by atoms with Gasteiger partial charge < -0.3 is 5.32 Å². The number of nitrogens with one attached hydrogen (secondary N) is 1. The fourth-order valence-electron chi connectivity index (χ4n) is 3.46. The molecule has 1 N–H and O–H groups in total. The summed E-state index contributed by atoms with van der Waals surface area (Å²) < 4.78 is 2.00. The molecule has 3 aromatic carbocycles. The van der Waals surface area contributed by atoms with E-state index in [9.17, 15) is 4.79 Å². The minimum absolute atomic E-state index is 0.0671. The van der Waals surface area contributed by atoms with Crippen molar-refractivity contribution in [3.05, 3.63) is 101 Å². The highest BCUT2D eigenvalue weighted by molar-refractivity contribution is 7.99. The molecule has 0 unspecified atom stereocenters. The zero-order valence-corrected chi connectivity index (χ0v) is 18.4. The lowest BCUT2D eigenvalue weighted by molar-refractivity contribution is -0.113. The predicted molar refractivity (Wildman–Crippen MR) is 126 cm³/mol. The second-order valence-electron chi connectivity index (χ2n) is 7.31. The SMILES string of the molecule is Cc1ccccc1-n1c(C)nnc1SCC(=O)Nc1ccccc1Cc1ccccc1. The summed E-state index contributed by atoms with van der Waals surface area (Å²) in [5.41, 5.74) is 5.30. The molecule has 31 heavy (non-hydrogen) atoms. The molecule has 156 valence electrons. The van der Waals surface area contributed by atoms with Crippen molar-refractivity contribution in [2.24, 2.45) is 0 Å². The number of aryl methyl sites for hydroxylation is 2. The number of hydrogen-bond donors (Lipinski definition) is 1. The first-order chi connectivity index (χ1) is 15.1. The molecule has 4 rings (SSSR count). The number of rotatable bonds is 7. The van der Waals surface area contributed by atoms with E-state index in [1.54, 1.807) is 0 Å². The number of benzene rings is 3. The van der Waals surface area contributed by atoms with E-state index in [-0.39, 0.29) is 11.7 Å². The highest BCUT2D eigenvalue weighted by Crippen LogP contribution is 2.25. The molecule has 4 aromatic rings. The summed E-state index contributed by atoms with van der Waals surface area (Å²) in [6.45, 7) is 3.98. The molecule has 0 aliphatic carbocycles. The van der Waals surface area contributed by atoms with Crippen LogP contribution in [-0.4, -0.2) is 26.4 Å². The van der Waals surface area contributed by atoms with Crippen molar-refractivity contribution < 1.29 is 4.79 Å². The molecule has 1 aromatic heterocycles. The number of para-hydroxylation sites is 2. The average molecular weight is 429 g/mol. The standard InChI is InChI=1S/C25H24N4OS/c1-18-10-6-9-15-23(18)29-19(2)27-28-25(29)31-17-24(30)26-22-14-8-7-13-21(22)16-20-11-4-3-5-12-20/h3-15H,16-17H2,1-2H3,(H,26,30). The molecule has 0 fully saturated rings. The number of anilines is 1. The van der Waals surface area contributed by atoms with Crippen LogP contribution >= 0.6 is 11.8 Å². The van der Waals surface area contributed by atoms with E-state index in [0.717, 1.165) is 34.7 Å². The first-order valence-corrected chi connectivity index (χ1v) is 11.1. The summed E-state index contributed by atoms with van der Waals surface area (Å²) in [4.78, 5) is 12.7. The third kappa shape index (κ3) is 5.03. The van der Waals surface area contributed by atoms with Crippen LogP contribution in [-0.2, 0) is 11.2 Å². The molecule has 5 nitrogen and oxygen atoms in total. The van der Waals surface area contributed by atoms with Gasteiger partial charge in [-0.3, -0.25) is 9.36 Å². The lowest BCUT2D eigenvalue weighted by Crippen LogP contribution is -2.16. The first kappa shape index (κ1) is 20.9. The fourth-order valence-corrected chi connectivity index (χ4v) is 4.25. The van der Waals surface area contributed by atoms with Crippen LogP contribution in [0, 0.1) is 13.8 Å². The third-order valence-corrected chi connectivity index (χ3v) is 5.94.